The Bertz CT molecular complexity index is 840. The highest BCUT2D eigenvalue weighted by atomic mass is 16.5. The molecular weight excluding hydrogens is 259 g/mol. The quantitative estimate of drug-likeness (QED) is 0.683. The molecule has 0 saturated heterocycles. The smallest absolute Gasteiger partial charge is 0.532 e. The van der Waals surface area contributed by atoms with Gasteiger partial charge in [-0.1, -0.05) is 54.6 Å². The molecule has 21 heavy (non-hydrogen) atoms. The monoisotopic (exact) mass is 272 g/mol. The molecule has 1 N–H and O–H groups in total. The molecule has 0 amide bonds. The first kappa shape index (κ1) is 12.2. The molecule has 1 aliphatic heterocycles. The topological polar surface area (TPSA) is 29.5 Å². The third-order valence-electron chi connectivity index (χ3n) is 3.80. The molecule has 2 nitrogen and oxygen atoms in total. The van der Waals surface area contributed by atoms with Gasteiger partial charge in [-0.05, 0) is 34.5 Å². The van der Waals surface area contributed by atoms with Gasteiger partial charge in [-0.2, -0.15) is 0 Å². The predicted octanol–water partition coefficient (Wildman–Crippen LogP) is 3.79. The van der Waals surface area contributed by atoms with Crippen molar-refractivity contribution in [3.63, 3.8) is 0 Å². The van der Waals surface area contributed by atoms with Gasteiger partial charge in [0.2, 0.25) is 0 Å². The molecular formula is C18H13BO2. The van der Waals surface area contributed by atoms with Crippen LogP contribution in [0.3, 0.4) is 0 Å². The van der Waals surface area contributed by atoms with Gasteiger partial charge in [0.15, 0.2) is 0 Å². The van der Waals surface area contributed by atoms with Crippen LogP contribution in [0.1, 0.15) is 11.1 Å². The molecule has 0 atom stereocenters. The highest BCUT2D eigenvalue weighted by molar-refractivity contribution is 6.70. The summed E-state index contributed by atoms with van der Waals surface area (Å²) >= 11 is 0. The Morgan fingerprint density at radius 2 is 1.48 bits per heavy atom. The Morgan fingerprint density at radius 1 is 0.810 bits per heavy atom. The lowest BCUT2D eigenvalue weighted by Crippen LogP contribution is -2.26. The van der Waals surface area contributed by atoms with E-state index in [2.05, 4.69) is 12.1 Å². The molecule has 1 heterocycles. The Balaban J connectivity index is 1.89. The van der Waals surface area contributed by atoms with Gasteiger partial charge in [-0.15, -0.1) is 0 Å². The average molecular weight is 272 g/mol. The van der Waals surface area contributed by atoms with E-state index < -0.39 is 7.12 Å². The van der Waals surface area contributed by atoms with Crippen molar-refractivity contribution in [2.45, 2.75) is 0 Å². The van der Waals surface area contributed by atoms with E-state index in [4.69, 9.17) is 4.65 Å². The summed E-state index contributed by atoms with van der Waals surface area (Å²) in [6.07, 6.45) is 2.01. The van der Waals surface area contributed by atoms with Crippen LogP contribution in [0.5, 0.6) is 5.75 Å². The molecule has 4 rings (SSSR count). The second kappa shape index (κ2) is 4.79. The molecule has 0 aromatic heterocycles. The molecule has 0 fully saturated rings. The van der Waals surface area contributed by atoms with Crippen LogP contribution in [0.25, 0.3) is 22.3 Å². The first-order chi connectivity index (χ1) is 10.3. The van der Waals surface area contributed by atoms with Crippen LogP contribution in [-0.2, 0) is 0 Å². The lowest BCUT2D eigenvalue weighted by atomic mass is 9.71. The van der Waals surface area contributed by atoms with Gasteiger partial charge in [0.25, 0.3) is 0 Å². The summed E-state index contributed by atoms with van der Waals surface area (Å²) in [4.78, 5) is 0. The molecule has 0 radical (unpaired) electrons. The van der Waals surface area contributed by atoms with Crippen LogP contribution in [0, 0.1) is 0 Å². The fraction of sp³-hybridized carbons (Fsp3) is 0. The van der Waals surface area contributed by atoms with E-state index in [-0.39, 0.29) is 0 Å². The fourth-order valence-corrected chi connectivity index (χ4v) is 2.73. The zero-order valence-electron chi connectivity index (χ0n) is 11.4. The molecule has 0 unspecified atom stereocenters. The maximum atomic E-state index is 10.3. The lowest BCUT2D eigenvalue weighted by Gasteiger charge is -2.21. The van der Waals surface area contributed by atoms with Crippen molar-refractivity contribution >= 4 is 29.4 Å². The first-order valence-electron chi connectivity index (χ1n) is 6.96. The number of benzene rings is 3. The van der Waals surface area contributed by atoms with E-state index >= 15 is 0 Å². The average Bonchev–Trinajstić information content (AvgIpc) is 2.53. The van der Waals surface area contributed by atoms with Gasteiger partial charge in [-0.25, -0.2) is 0 Å². The number of rotatable bonds is 1. The van der Waals surface area contributed by atoms with E-state index in [1.807, 2.05) is 60.7 Å². The van der Waals surface area contributed by atoms with Crippen molar-refractivity contribution in [3.05, 3.63) is 77.9 Å². The van der Waals surface area contributed by atoms with Crippen LogP contribution in [0.15, 0.2) is 66.7 Å². The van der Waals surface area contributed by atoms with Gasteiger partial charge < -0.3 is 9.68 Å². The predicted molar refractivity (Wildman–Crippen MR) is 86.9 cm³/mol. The minimum Gasteiger partial charge on any atom is -0.532 e. The minimum absolute atomic E-state index is 0.723. The summed E-state index contributed by atoms with van der Waals surface area (Å²) in [7, 11) is -0.930. The summed E-state index contributed by atoms with van der Waals surface area (Å²) in [5.41, 5.74) is 2.76. The number of hydrogen-bond acceptors (Lipinski definition) is 2. The van der Waals surface area contributed by atoms with Gasteiger partial charge in [-0.3, -0.25) is 0 Å². The highest BCUT2D eigenvalue weighted by Gasteiger charge is 2.28. The van der Waals surface area contributed by atoms with Crippen molar-refractivity contribution in [1.29, 1.82) is 0 Å². The minimum atomic E-state index is -0.930. The Labute approximate surface area is 123 Å². The van der Waals surface area contributed by atoms with Crippen LogP contribution < -0.4 is 4.65 Å². The Kier molecular flexibility index (Phi) is 2.79. The Morgan fingerprint density at radius 3 is 2.24 bits per heavy atom. The van der Waals surface area contributed by atoms with E-state index in [9.17, 15) is 5.02 Å². The van der Waals surface area contributed by atoms with Gasteiger partial charge in [0.05, 0.1) is 0 Å². The molecule has 1 aliphatic rings. The zero-order valence-corrected chi connectivity index (χ0v) is 11.4. The highest BCUT2D eigenvalue weighted by Crippen LogP contribution is 2.34. The van der Waals surface area contributed by atoms with Crippen molar-refractivity contribution in [1.82, 2.24) is 0 Å². The van der Waals surface area contributed by atoms with E-state index in [1.54, 1.807) is 0 Å². The van der Waals surface area contributed by atoms with Crippen molar-refractivity contribution in [2.24, 2.45) is 0 Å². The van der Waals surface area contributed by atoms with Crippen molar-refractivity contribution in [3.8, 4) is 5.75 Å². The van der Waals surface area contributed by atoms with Crippen LogP contribution >= 0.6 is 0 Å². The van der Waals surface area contributed by atoms with Crippen molar-refractivity contribution < 1.29 is 9.68 Å². The standard InChI is InChI=1S/C18H13BO2/c20-19-17(13-6-2-1-3-7-13)11-16-10-14-8-4-5-9-15(14)12-18(16)21-19/h1-12,20H. The number of fused-ring (bicyclic) bond motifs is 2. The third kappa shape index (κ3) is 2.12. The summed E-state index contributed by atoms with van der Waals surface area (Å²) < 4.78 is 5.69. The summed E-state index contributed by atoms with van der Waals surface area (Å²) in [5.74, 6) is 0.723. The van der Waals surface area contributed by atoms with Crippen LogP contribution in [0.2, 0.25) is 0 Å². The maximum absolute atomic E-state index is 10.3. The molecule has 3 aromatic carbocycles. The second-order valence-corrected chi connectivity index (χ2v) is 5.17. The SMILES string of the molecule is OB1Oc2cc3ccccc3cc2C=C1c1ccccc1. The molecule has 0 aliphatic carbocycles. The molecule has 3 heteroatoms. The maximum Gasteiger partial charge on any atom is 0.560 e. The zero-order chi connectivity index (χ0) is 14.2. The normalized spacial score (nSPS) is 13.6. The van der Waals surface area contributed by atoms with Crippen LogP contribution in [0.4, 0.5) is 0 Å². The number of hydrogen-bond donors (Lipinski definition) is 1. The molecule has 0 saturated carbocycles. The molecule has 0 spiro atoms. The lowest BCUT2D eigenvalue weighted by molar-refractivity contribution is 0.432. The molecule has 3 aromatic rings. The van der Waals surface area contributed by atoms with E-state index in [0.29, 0.717) is 0 Å². The van der Waals surface area contributed by atoms with E-state index in [1.165, 1.54) is 5.39 Å². The summed E-state index contributed by atoms with van der Waals surface area (Å²) in [6.45, 7) is 0. The van der Waals surface area contributed by atoms with Gasteiger partial charge in [0, 0.05) is 11.0 Å². The summed E-state index contributed by atoms with van der Waals surface area (Å²) in [6, 6.07) is 22.0. The van der Waals surface area contributed by atoms with Crippen LogP contribution in [-0.4, -0.2) is 12.1 Å². The summed E-state index contributed by atoms with van der Waals surface area (Å²) in [5, 5.41) is 12.5. The Hall–Kier alpha value is -2.52. The van der Waals surface area contributed by atoms with E-state index in [0.717, 1.165) is 27.7 Å². The van der Waals surface area contributed by atoms with Gasteiger partial charge >= 0.3 is 7.12 Å². The van der Waals surface area contributed by atoms with Crippen molar-refractivity contribution in [2.75, 3.05) is 0 Å². The fourth-order valence-electron chi connectivity index (χ4n) is 2.73. The van der Waals surface area contributed by atoms with Gasteiger partial charge in [0.1, 0.15) is 5.75 Å². The first-order valence-corrected chi connectivity index (χ1v) is 6.96. The molecule has 100 valence electrons. The molecule has 0 bridgehead atoms. The largest absolute Gasteiger partial charge is 0.560 e. The third-order valence-corrected chi connectivity index (χ3v) is 3.80. The second-order valence-electron chi connectivity index (χ2n) is 5.17.